The summed E-state index contributed by atoms with van der Waals surface area (Å²) in [5, 5.41) is 11.6. The van der Waals surface area contributed by atoms with Crippen molar-refractivity contribution in [2.75, 3.05) is 13.1 Å². The average Bonchev–Trinajstić information content (AvgIpc) is 2.72. The molecular weight excluding hydrogens is 164 g/mol. The molecule has 0 aromatic carbocycles. The van der Waals surface area contributed by atoms with Gasteiger partial charge in [-0.15, -0.1) is 10.2 Å². The Morgan fingerprint density at radius 2 is 2.31 bits per heavy atom. The van der Waals surface area contributed by atoms with Crippen LogP contribution in [0, 0.1) is 0 Å². The van der Waals surface area contributed by atoms with E-state index in [4.69, 9.17) is 0 Å². The minimum Gasteiger partial charge on any atom is -0.316 e. The Morgan fingerprint density at radius 1 is 1.38 bits per heavy atom. The van der Waals surface area contributed by atoms with E-state index in [0.717, 1.165) is 13.1 Å². The van der Waals surface area contributed by atoms with Gasteiger partial charge in [0.1, 0.15) is 12.2 Å². The van der Waals surface area contributed by atoms with Gasteiger partial charge in [-0.25, -0.2) is 0 Å². The Bertz CT molecular complexity index is 296. The minimum atomic E-state index is 0.600. The summed E-state index contributed by atoms with van der Waals surface area (Å²) in [5.41, 5.74) is 0. The number of rotatable bonds is 2. The molecule has 4 nitrogen and oxygen atoms in total. The fourth-order valence-corrected chi connectivity index (χ4v) is 2.05. The van der Waals surface area contributed by atoms with Crippen molar-refractivity contribution in [1.29, 1.82) is 0 Å². The summed E-state index contributed by atoms with van der Waals surface area (Å²) >= 11 is 0. The normalized spacial score (nSPS) is 28.2. The van der Waals surface area contributed by atoms with E-state index in [1.807, 2.05) is 6.33 Å². The summed E-state index contributed by atoms with van der Waals surface area (Å²) in [5.74, 6) is 1.80. The number of nitrogens with one attached hydrogen (secondary N) is 1. The molecule has 1 saturated heterocycles. The number of aromatic nitrogens is 3. The van der Waals surface area contributed by atoms with Gasteiger partial charge in [0.25, 0.3) is 0 Å². The first-order valence-corrected chi connectivity index (χ1v) is 5.05. The van der Waals surface area contributed by atoms with Gasteiger partial charge in [0, 0.05) is 18.5 Å². The van der Waals surface area contributed by atoms with E-state index in [-0.39, 0.29) is 0 Å². The number of hydrogen-bond donors (Lipinski definition) is 1. The van der Waals surface area contributed by atoms with Crippen LogP contribution in [0.2, 0.25) is 0 Å². The van der Waals surface area contributed by atoms with Crippen LogP contribution in [0.25, 0.3) is 0 Å². The molecule has 2 heterocycles. The van der Waals surface area contributed by atoms with Crippen molar-refractivity contribution in [3.8, 4) is 0 Å². The molecule has 1 aliphatic carbocycles. The first-order valence-electron chi connectivity index (χ1n) is 5.05. The smallest absolute Gasteiger partial charge is 0.137 e. The SMILES string of the molecule is c1nnc(C2CCNC2)n1C1CC1. The van der Waals surface area contributed by atoms with Gasteiger partial charge in [0.15, 0.2) is 0 Å². The maximum atomic E-state index is 4.23. The third-order valence-corrected chi connectivity index (χ3v) is 2.97. The third kappa shape index (κ3) is 1.25. The van der Waals surface area contributed by atoms with Crippen molar-refractivity contribution in [3.05, 3.63) is 12.2 Å². The van der Waals surface area contributed by atoms with Gasteiger partial charge < -0.3 is 9.88 Å². The maximum absolute atomic E-state index is 4.23. The van der Waals surface area contributed by atoms with Gasteiger partial charge in [-0.1, -0.05) is 0 Å². The Balaban J connectivity index is 1.88. The van der Waals surface area contributed by atoms with E-state index in [9.17, 15) is 0 Å². The standard InChI is InChI=1S/C9H14N4/c1-2-8(1)13-6-11-12-9(13)7-3-4-10-5-7/h6-8,10H,1-5H2. The molecular formula is C9H14N4. The topological polar surface area (TPSA) is 42.7 Å². The Kier molecular flexibility index (Phi) is 1.62. The highest BCUT2D eigenvalue weighted by Crippen LogP contribution is 2.37. The van der Waals surface area contributed by atoms with Crippen LogP contribution in [0.3, 0.4) is 0 Å². The second-order valence-electron chi connectivity index (χ2n) is 4.02. The Hall–Kier alpha value is -0.900. The van der Waals surface area contributed by atoms with Crippen molar-refractivity contribution in [2.45, 2.75) is 31.2 Å². The van der Waals surface area contributed by atoms with E-state index in [1.54, 1.807) is 0 Å². The van der Waals surface area contributed by atoms with Gasteiger partial charge in [-0.2, -0.15) is 0 Å². The monoisotopic (exact) mass is 178 g/mol. The van der Waals surface area contributed by atoms with Crippen LogP contribution in [0.1, 0.15) is 37.0 Å². The van der Waals surface area contributed by atoms with Crippen LogP contribution in [0.4, 0.5) is 0 Å². The van der Waals surface area contributed by atoms with Crippen molar-refractivity contribution in [1.82, 2.24) is 20.1 Å². The highest BCUT2D eigenvalue weighted by molar-refractivity contribution is 5.04. The molecule has 1 atom stereocenters. The van der Waals surface area contributed by atoms with Gasteiger partial charge >= 0.3 is 0 Å². The highest BCUT2D eigenvalue weighted by Gasteiger charge is 2.30. The van der Waals surface area contributed by atoms with Crippen LogP contribution in [-0.4, -0.2) is 27.9 Å². The third-order valence-electron chi connectivity index (χ3n) is 2.97. The van der Waals surface area contributed by atoms with E-state index < -0.39 is 0 Å². The Morgan fingerprint density at radius 3 is 3.00 bits per heavy atom. The summed E-state index contributed by atoms with van der Waals surface area (Å²) in [7, 11) is 0. The summed E-state index contributed by atoms with van der Waals surface area (Å²) < 4.78 is 2.28. The van der Waals surface area contributed by atoms with E-state index in [2.05, 4.69) is 20.1 Å². The lowest BCUT2D eigenvalue weighted by Gasteiger charge is -2.09. The van der Waals surface area contributed by atoms with Crippen LogP contribution in [-0.2, 0) is 0 Å². The van der Waals surface area contributed by atoms with E-state index in [0.29, 0.717) is 12.0 Å². The zero-order valence-corrected chi connectivity index (χ0v) is 7.61. The molecule has 2 fully saturated rings. The summed E-state index contributed by atoms with van der Waals surface area (Å²) in [6.45, 7) is 2.20. The van der Waals surface area contributed by atoms with Gasteiger partial charge in [0.2, 0.25) is 0 Å². The fraction of sp³-hybridized carbons (Fsp3) is 0.778. The molecule has 0 radical (unpaired) electrons. The van der Waals surface area contributed by atoms with Crippen molar-refractivity contribution < 1.29 is 0 Å². The zero-order chi connectivity index (χ0) is 8.67. The van der Waals surface area contributed by atoms with E-state index in [1.165, 1.54) is 25.1 Å². The Labute approximate surface area is 77.4 Å². The number of hydrogen-bond acceptors (Lipinski definition) is 3. The molecule has 2 aliphatic rings. The zero-order valence-electron chi connectivity index (χ0n) is 7.61. The maximum Gasteiger partial charge on any atom is 0.137 e. The largest absolute Gasteiger partial charge is 0.316 e. The molecule has 0 amide bonds. The lowest BCUT2D eigenvalue weighted by molar-refractivity contribution is 0.610. The van der Waals surface area contributed by atoms with Gasteiger partial charge in [-0.3, -0.25) is 0 Å². The molecule has 0 bridgehead atoms. The lowest BCUT2D eigenvalue weighted by Crippen LogP contribution is -2.12. The predicted octanol–water partition coefficient (Wildman–Crippen LogP) is 0.690. The molecule has 1 aromatic rings. The van der Waals surface area contributed by atoms with Crippen LogP contribution < -0.4 is 5.32 Å². The number of nitrogens with zero attached hydrogens (tertiary/aromatic N) is 3. The van der Waals surface area contributed by atoms with Gasteiger partial charge in [0.05, 0.1) is 0 Å². The second-order valence-corrected chi connectivity index (χ2v) is 4.02. The lowest BCUT2D eigenvalue weighted by atomic mass is 10.1. The van der Waals surface area contributed by atoms with Gasteiger partial charge in [-0.05, 0) is 25.8 Å². The molecule has 1 N–H and O–H groups in total. The highest BCUT2D eigenvalue weighted by atomic mass is 15.3. The van der Waals surface area contributed by atoms with Crippen LogP contribution in [0.5, 0.6) is 0 Å². The summed E-state index contributed by atoms with van der Waals surface area (Å²) in [6, 6.07) is 0.714. The molecule has 13 heavy (non-hydrogen) atoms. The average molecular weight is 178 g/mol. The van der Waals surface area contributed by atoms with Crippen molar-refractivity contribution in [2.24, 2.45) is 0 Å². The molecule has 3 rings (SSSR count). The molecule has 1 saturated carbocycles. The predicted molar refractivity (Wildman–Crippen MR) is 48.5 cm³/mol. The molecule has 1 aliphatic heterocycles. The summed E-state index contributed by atoms with van der Waals surface area (Å²) in [6.07, 6.45) is 5.73. The van der Waals surface area contributed by atoms with Crippen LogP contribution >= 0.6 is 0 Å². The molecule has 0 spiro atoms. The van der Waals surface area contributed by atoms with E-state index >= 15 is 0 Å². The van der Waals surface area contributed by atoms with Crippen molar-refractivity contribution in [3.63, 3.8) is 0 Å². The van der Waals surface area contributed by atoms with Crippen molar-refractivity contribution >= 4 is 0 Å². The molecule has 1 aromatic heterocycles. The quantitative estimate of drug-likeness (QED) is 0.724. The fourth-order valence-electron chi connectivity index (χ4n) is 2.05. The summed E-state index contributed by atoms with van der Waals surface area (Å²) in [4.78, 5) is 0. The first-order chi connectivity index (χ1) is 6.45. The van der Waals surface area contributed by atoms with Crippen LogP contribution in [0.15, 0.2) is 6.33 Å². The molecule has 70 valence electrons. The first kappa shape index (κ1) is 7.50. The molecule has 1 unspecified atom stereocenters. The second kappa shape index (κ2) is 2.80. The molecule has 4 heteroatoms. The minimum absolute atomic E-state index is 0.600.